The van der Waals surface area contributed by atoms with Crippen LogP contribution in [0.25, 0.3) is 0 Å². The third kappa shape index (κ3) is 2.25. The van der Waals surface area contributed by atoms with Gasteiger partial charge in [-0.05, 0) is 67.6 Å². The van der Waals surface area contributed by atoms with Gasteiger partial charge in [-0.2, -0.15) is 0 Å². The molecule has 4 heteroatoms. The molecule has 0 aromatic carbocycles. The molecule has 0 heterocycles. The molecule has 0 radical (unpaired) electrons. The van der Waals surface area contributed by atoms with E-state index in [2.05, 4.69) is 29.8 Å². The van der Waals surface area contributed by atoms with Crippen molar-refractivity contribution in [2.75, 3.05) is 0 Å². The summed E-state index contributed by atoms with van der Waals surface area (Å²) in [7, 11) is 0. The van der Waals surface area contributed by atoms with Crippen LogP contribution in [0.15, 0.2) is 0 Å². The Morgan fingerprint density at radius 1 is 1.12 bits per heavy atom. The predicted octanol–water partition coefficient (Wildman–Crippen LogP) is 4.36. The molecule has 138 valence electrons. The fourth-order valence-corrected chi connectivity index (χ4v) is 8.40. The van der Waals surface area contributed by atoms with E-state index in [4.69, 9.17) is 0 Å². The van der Waals surface area contributed by atoms with Crippen molar-refractivity contribution in [1.82, 2.24) is 0 Å². The van der Waals surface area contributed by atoms with E-state index in [1.165, 1.54) is 0 Å². The average molecular weight is 409 g/mol. The lowest BCUT2D eigenvalue weighted by Crippen LogP contribution is -2.62. The quantitative estimate of drug-likeness (QED) is 0.605. The van der Waals surface area contributed by atoms with E-state index in [0.29, 0.717) is 42.2 Å². The van der Waals surface area contributed by atoms with Crippen molar-refractivity contribution in [1.29, 1.82) is 0 Å². The Hall–Kier alpha value is -0.510. The Labute approximate surface area is 158 Å². The standard InChI is InChI=1S/C21H29BrO3/c1-11(23)15-6-7-16-14-5-4-12-10-13(24)8-9-20(12,2)17(14)18(25)19(22)21(15,16)3/h12,14-17,19H,4-10H2,1-3H3/t12?,14-,15+,16-,17+,19?,20-,21+/m0/s1. The fraction of sp³-hybridized carbons (Fsp3) is 0.857. The number of alkyl halides is 1. The van der Waals surface area contributed by atoms with Gasteiger partial charge in [-0.15, -0.1) is 0 Å². The van der Waals surface area contributed by atoms with Gasteiger partial charge in [0.25, 0.3) is 0 Å². The van der Waals surface area contributed by atoms with Gasteiger partial charge in [-0.1, -0.05) is 29.8 Å². The van der Waals surface area contributed by atoms with Crippen molar-refractivity contribution >= 4 is 33.3 Å². The Kier molecular flexibility index (Phi) is 4.11. The van der Waals surface area contributed by atoms with Gasteiger partial charge in [-0.25, -0.2) is 0 Å². The van der Waals surface area contributed by atoms with Crippen LogP contribution in [0.4, 0.5) is 0 Å². The zero-order valence-electron chi connectivity index (χ0n) is 15.5. The van der Waals surface area contributed by atoms with Crippen LogP contribution in [-0.2, 0) is 14.4 Å². The van der Waals surface area contributed by atoms with Gasteiger partial charge < -0.3 is 0 Å². The maximum absolute atomic E-state index is 13.6. The summed E-state index contributed by atoms with van der Waals surface area (Å²) >= 11 is 3.77. The van der Waals surface area contributed by atoms with E-state index >= 15 is 0 Å². The van der Waals surface area contributed by atoms with Crippen molar-refractivity contribution in [2.45, 2.75) is 70.5 Å². The van der Waals surface area contributed by atoms with Crippen molar-refractivity contribution in [2.24, 2.45) is 40.4 Å². The molecule has 0 aromatic heterocycles. The summed E-state index contributed by atoms with van der Waals surface area (Å²) < 4.78 is 0. The lowest BCUT2D eigenvalue weighted by molar-refractivity contribution is -0.159. The van der Waals surface area contributed by atoms with Crippen LogP contribution in [0, 0.1) is 40.4 Å². The van der Waals surface area contributed by atoms with Gasteiger partial charge in [-0.3, -0.25) is 14.4 Å². The number of carbonyl (C=O) groups excluding carboxylic acids is 3. The minimum Gasteiger partial charge on any atom is -0.300 e. The summed E-state index contributed by atoms with van der Waals surface area (Å²) in [6.45, 7) is 6.15. The summed E-state index contributed by atoms with van der Waals surface area (Å²) in [5.74, 6) is 2.21. The van der Waals surface area contributed by atoms with E-state index in [1.807, 2.05) is 0 Å². The first-order chi connectivity index (χ1) is 11.7. The molecule has 4 aliphatic rings. The molecule has 4 aliphatic carbocycles. The Bertz CT molecular complexity index is 643. The van der Waals surface area contributed by atoms with E-state index in [0.717, 1.165) is 32.1 Å². The highest BCUT2D eigenvalue weighted by Crippen LogP contribution is 2.67. The normalized spacial score (nSPS) is 52.3. The second kappa shape index (κ2) is 5.74. The molecule has 4 saturated carbocycles. The predicted molar refractivity (Wildman–Crippen MR) is 99.4 cm³/mol. The monoisotopic (exact) mass is 408 g/mol. The molecule has 0 spiro atoms. The van der Waals surface area contributed by atoms with Crippen LogP contribution in [0.2, 0.25) is 0 Å². The van der Waals surface area contributed by atoms with E-state index in [9.17, 15) is 14.4 Å². The zero-order valence-corrected chi connectivity index (χ0v) is 17.1. The number of fused-ring (bicyclic) bond motifs is 5. The van der Waals surface area contributed by atoms with Crippen LogP contribution in [0.1, 0.15) is 65.7 Å². The molecule has 3 nitrogen and oxygen atoms in total. The lowest BCUT2D eigenvalue weighted by atomic mass is 9.44. The van der Waals surface area contributed by atoms with Crippen molar-refractivity contribution in [3.8, 4) is 0 Å². The van der Waals surface area contributed by atoms with Crippen LogP contribution >= 0.6 is 15.9 Å². The second-order valence-corrected chi connectivity index (χ2v) is 10.6. The van der Waals surface area contributed by atoms with Gasteiger partial charge in [0.15, 0.2) is 5.78 Å². The third-order valence-electron chi connectivity index (χ3n) is 8.76. The van der Waals surface area contributed by atoms with Crippen molar-refractivity contribution < 1.29 is 14.4 Å². The first kappa shape index (κ1) is 17.9. The largest absolute Gasteiger partial charge is 0.300 e. The molecule has 0 N–H and O–H groups in total. The topological polar surface area (TPSA) is 51.2 Å². The first-order valence-corrected chi connectivity index (χ1v) is 10.8. The molecule has 8 atom stereocenters. The van der Waals surface area contributed by atoms with Crippen molar-refractivity contribution in [3.63, 3.8) is 0 Å². The number of hydrogen-bond donors (Lipinski definition) is 0. The minimum atomic E-state index is -0.238. The summed E-state index contributed by atoms with van der Waals surface area (Å²) in [6.07, 6.45) is 6.27. The molecule has 0 amide bonds. The minimum absolute atomic E-state index is 0.00485. The Balaban J connectivity index is 1.75. The lowest BCUT2D eigenvalue weighted by Gasteiger charge is -2.60. The van der Waals surface area contributed by atoms with Crippen LogP contribution in [-0.4, -0.2) is 22.2 Å². The average Bonchev–Trinajstić information content (AvgIpc) is 2.91. The highest BCUT2D eigenvalue weighted by Gasteiger charge is 2.67. The molecular formula is C21H29BrO3. The van der Waals surface area contributed by atoms with Gasteiger partial charge in [0.2, 0.25) is 0 Å². The van der Waals surface area contributed by atoms with Crippen molar-refractivity contribution in [3.05, 3.63) is 0 Å². The Morgan fingerprint density at radius 3 is 2.52 bits per heavy atom. The highest BCUT2D eigenvalue weighted by molar-refractivity contribution is 9.10. The molecule has 4 fully saturated rings. The maximum Gasteiger partial charge on any atom is 0.150 e. The van der Waals surface area contributed by atoms with E-state index in [1.54, 1.807) is 6.92 Å². The van der Waals surface area contributed by atoms with Crippen LogP contribution in [0.5, 0.6) is 0 Å². The molecule has 0 bridgehead atoms. The molecule has 0 saturated heterocycles. The zero-order chi connectivity index (χ0) is 18.1. The summed E-state index contributed by atoms with van der Waals surface area (Å²) in [5, 5.41) is 0. The number of Topliss-reactive ketones (excluding diaryl/α,β-unsaturated/α-hetero) is 3. The Morgan fingerprint density at radius 2 is 1.84 bits per heavy atom. The van der Waals surface area contributed by atoms with Crippen LogP contribution in [0.3, 0.4) is 0 Å². The molecule has 0 aliphatic heterocycles. The van der Waals surface area contributed by atoms with Gasteiger partial charge >= 0.3 is 0 Å². The highest BCUT2D eigenvalue weighted by atomic mass is 79.9. The molecular weight excluding hydrogens is 380 g/mol. The number of rotatable bonds is 1. The summed E-state index contributed by atoms with van der Waals surface area (Å²) in [5.41, 5.74) is -0.270. The summed E-state index contributed by atoms with van der Waals surface area (Å²) in [6, 6.07) is 0. The second-order valence-electron chi connectivity index (χ2n) is 9.64. The SMILES string of the molecule is CC(=O)[C@H]1CC[C@H]2[C@@H]3CCC4CC(=O)CC[C@]4(C)[C@H]3C(=O)C(Br)[C@]12C. The fourth-order valence-electron chi connectivity index (χ4n) is 7.45. The number of hydrogen-bond acceptors (Lipinski definition) is 3. The van der Waals surface area contributed by atoms with Crippen LogP contribution < -0.4 is 0 Å². The third-order valence-corrected chi connectivity index (χ3v) is 10.2. The number of halogens is 1. The maximum atomic E-state index is 13.6. The number of carbonyl (C=O) groups is 3. The summed E-state index contributed by atoms with van der Waals surface area (Å²) in [4.78, 5) is 37.6. The molecule has 25 heavy (non-hydrogen) atoms. The van der Waals surface area contributed by atoms with E-state index < -0.39 is 0 Å². The smallest absolute Gasteiger partial charge is 0.150 e. The van der Waals surface area contributed by atoms with Gasteiger partial charge in [0.05, 0.1) is 4.83 Å². The van der Waals surface area contributed by atoms with E-state index in [-0.39, 0.29) is 33.3 Å². The molecule has 0 aromatic rings. The van der Waals surface area contributed by atoms with Gasteiger partial charge in [0.1, 0.15) is 11.6 Å². The first-order valence-electron chi connectivity index (χ1n) is 9.91. The molecule has 4 rings (SSSR count). The molecule has 2 unspecified atom stereocenters. The van der Waals surface area contributed by atoms with Gasteiger partial charge in [0, 0.05) is 24.7 Å². The number of ketones is 3.